The molecule has 0 saturated carbocycles. The van der Waals surface area contributed by atoms with Crippen molar-refractivity contribution in [3.05, 3.63) is 35.5 Å². The number of aromatic nitrogens is 1. The van der Waals surface area contributed by atoms with E-state index in [-0.39, 0.29) is 10.8 Å². The number of carboxylic acid groups (broad SMARTS) is 1. The fourth-order valence-corrected chi connectivity index (χ4v) is 2.83. The van der Waals surface area contributed by atoms with Crippen molar-refractivity contribution in [2.75, 3.05) is 5.32 Å². The molecule has 2 rings (SSSR count). The van der Waals surface area contributed by atoms with Crippen molar-refractivity contribution < 1.29 is 19.4 Å². The molecule has 23 heavy (non-hydrogen) atoms. The van der Waals surface area contributed by atoms with Gasteiger partial charge in [-0.2, -0.15) is 0 Å². The van der Waals surface area contributed by atoms with Gasteiger partial charge >= 0.3 is 12.1 Å². The second-order valence-electron chi connectivity index (χ2n) is 6.00. The van der Waals surface area contributed by atoms with E-state index in [4.69, 9.17) is 4.74 Å². The molecule has 0 atom stereocenters. The van der Waals surface area contributed by atoms with E-state index in [2.05, 4.69) is 10.3 Å². The first-order valence-electron chi connectivity index (χ1n) is 6.97. The maximum atomic E-state index is 11.8. The molecule has 0 saturated heterocycles. The summed E-state index contributed by atoms with van der Waals surface area (Å²) in [6.07, 6.45) is -0.668. The van der Waals surface area contributed by atoms with E-state index < -0.39 is 17.7 Å². The molecule has 0 aliphatic rings. The summed E-state index contributed by atoms with van der Waals surface area (Å²) in [5, 5.41) is 12.0. The van der Waals surface area contributed by atoms with E-state index in [1.165, 1.54) is 0 Å². The summed E-state index contributed by atoms with van der Waals surface area (Å²) in [5.41, 5.74) is 1.02. The molecule has 0 bridgehead atoms. The largest absolute Gasteiger partial charge is 0.476 e. The van der Waals surface area contributed by atoms with Gasteiger partial charge < -0.3 is 9.84 Å². The second kappa shape index (κ2) is 6.37. The molecule has 0 aliphatic heterocycles. The minimum atomic E-state index is -1.14. The zero-order valence-electron chi connectivity index (χ0n) is 13.3. The fraction of sp³-hybridized carbons (Fsp3) is 0.312. The predicted octanol–water partition coefficient (Wildman–Crippen LogP) is 4.16. The van der Waals surface area contributed by atoms with Crippen molar-refractivity contribution in [2.45, 2.75) is 33.3 Å². The summed E-state index contributed by atoms with van der Waals surface area (Å²) in [6.45, 7) is 7.16. The number of aryl methyl sites for hydroxylation is 1. The third kappa shape index (κ3) is 4.53. The van der Waals surface area contributed by atoms with Gasteiger partial charge in [0.25, 0.3) is 0 Å². The number of benzene rings is 1. The van der Waals surface area contributed by atoms with Crippen LogP contribution in [-0.4, -0.2) is 27.8 Å². The number of hydrogen-bond donors (Lipinski definition) is 2. The van der Waals surface area contributed by atoms with Crippen LogP contribution in [0.5, 0.6) is 0 Å². The number of carbonyl (C=O) groups excluding carboxylic acids is 1. The van der Waals surface area contributed by atoms with Crippen LogP contribution < -0.4 is 5.32 Å². The van der Waals surface area contributed by atoms with Crippen LogP contribution in [0, 0.1) is 6.92 Å². The van der Waals surface area contributed by atoms with Crippen LogP contribution in [0.4, 0.5) is 9.93 Å². The first-order valence-corrected chi connectivity index (χ1v) is 7.78. The smallest absolute Gasteiger partial charge is 0.413 e. The van der Waals surface area contributed by atoms with Crippen molar-refractivity contribution in [1.29, 1.82) is 0 Å². The lowest BCUT2D eigenvalue weighted by Gasteiger charge is -2.18. The number of anilines is 1. The number of thiazole rings is 1. The normalized spacial score (nSPS) is 11.1. The lowest BCUT2D eigenvalue weighted by molar-refractivity contribution is 0.0632. The number of amides is 1. The molecule has 122 valence electrons. The Balaban J connectivity index is 2.32. The molecule has 1 amide bonds. The Bertz CT molecular complexity index is 747. The predicted molar refractivity (Wildman–Crippen MR) is 89.1 cm³/mol. The van der Waals surface area contributed by atoms with Gasteiger partial charge in [-0.1, -0.05) is 41.2 Å². The first-order chi connectivity index (χ1) is 10.7. The van der Waals surface area contributed by atoms with Crippen molar-refractivity contribution in [1.82, 2.24) is 4.98 Å². The summed E-state index contributed by atoms with van der Waals surface area (Å²) in [5.74, 6) is -1.14. The fourth-order valence-electron chi connectivity index (χ4n) is 1.89. The summed E-state index contributed by atoms with van der Waals surface area (Å²) < 4.78 is 5.15. The quantitative estimate of drug-likeness (QED) is 0.879. The third-order valence-electron chi connectivity index (χ3n) is 2.72. The molecule has 7 heteroatoms. The minimum Gasteiger partial charge on any atom is -0.476 e. The van der Waals surface area contributed by atoms with Gasteiger partial charge in [-0.05, 0) is 33.3 Å². The molecule has 1 heterocycles. The highest BCUT2D eigenvalue weighted by Gasteiger charge is 2.22. The highest BCUT2D eigenvalue weighted by Crippen LogP contribution is 2.33. The third-order valence-corrected chi connectivity index (χ3v) is 3.74. The van der Waals surface area contributed by atoms with Crippen LogP contribution in [0.25, 0.3) is 10.4 Å². The Labute approximate surface area is 138 Å². The summed E-state index contributed by atoms with van der Waals surface area (Å²) >= 11 is 1.10. The van der Waals surface area contributed by atoms with Crippen molar-refractivity contribution in [3.8, 4) is 10.4 Å². The van der Waals surface area contributed by atoms with Crippen LogP contribution >= 0.6 is 11.3 Å². The van der Waals surface area contributed by atoms with Gasteiger partial charge in [-0.25, -0.2) is 14.6 Å². The molecular formula is C16H18N2O4S. The van der Waals surface area contributed by atoms with E-state index in [1.807, 2.05) is 31.2 Å². The number of hydrogen-bond acceptors (Lipinski definition) is 5. The SMILES string of the molecule is Cc1cccc(-c2sc(NC(=O)OC(C)(C)C)nc2C(=O)O)c1. The van der Waals surface area contributed by atoms with Crippen LogP contribution in [0.2, 0.25) is 0 Å². The number of nitrogens with zero attached hydrogens (tertiary/aromatic N) is 1. The van der Waals surface area contributed by atoms with E-state index in [0.29, 0.717) is 4.88 Å². The molecule has 0 radical (unpaired) electrons. The average Bonchev–Trinajstić information content (AvgIpc) is 2.80. The van der Waals surface area contributed by atoms with Gasteiger partial charge in [-0.3, -0.25) is 5.32 Å². The van der Waals surface area contributed by atoms with Gasteiger partial charge in [-0.15, -0.1) is 0 Å². The Morgan fingerprint density at radius 3 is 2.57 bits per heavy atom. The van der Waals surface area contributed by atoms with Crippen LogP contribution in [0.15, 0.2) is 24.3 Å². The lowest BCUT2D eigenvalue weighted by atomic mass is 10.1. The Kier molecular flexibility index (Phi) is 4.70. The van der Waals surface area contributed by atoms with Gasteiger partial charge in [0.15, 0.2) is 10.8 Å². The van der Waals surface area contributed by atoms with Gasteiger partial charge in [0.2, 0.25) is 0 Å². The summed E-state index contributed by atoms with van der Waals surface area (Å²) in [6, 6.07) is 7.45. The van der Waals surface area contributed by atoms with Crippen molar-refractivity contribution >= 4 is 28.5 Å². The highest BCUT2D eigenvalue weighted by molar-refractivity contribution is 7.19. The van der Waals surface area contributed by atoms with Gasteiger partial charge in [0.1, 0.15) is 5.60 Å². The van der Waals surface area contributed by atoms with E-state index >= 15 is 0 Å². The lowest BCUT2D eigenvalue weighted by Crippen LogP contribution is -2.27. The van der Waals surface area contributed by atoms with Crippen molar-refractivity contribution in [2.24, 2.45) is 0 Å². The van der Waals surface area contributed by atoms with Crippen molar-refractivity contribution in [3.63, 3.8) is 0 Å². The molecule has 1 aromatic heterocycles. The number of aromatic carboxylic acids is 1. The second-order valence-corrected chi connectivity index (χ2v) is 7.00. The van der Waals surface area contributed by atoms with Gasteiger partial charge in [0, 0.05) is 0 Å². The van der Waals surface area contributed by atoms with E-state index in [1.54, 1.807) is 20.8 Å². The summed E-state index contributed by atoms with van der Waals surface area (Å²) in [4.78, 5) is 27.7. The average molecular weight is 334 g/mol. The maximum absolute atomic E-state index is 11.8. The molecule has 6 nitrogen and oxygen atoms in total. The van der Waals surface area contributed by atoms with E-state index in [9.17, 15) is 14.7 Å². The molecule has 1 aromatic carbocycles. The molecule has 2 N–H and O–H groups in total. The molecule has 0 fully saturated rings. The molecule has 2 aromatic rings. The van der Waals surface area contributed by atoms with E-state index in [0.717, 1.165) is 22.5 Å². The minimum absolute atomic E-state index is 0.0911. The summed E-state index contributed by atoms with van der Waals surface area (Å²) in [7, 11) is 0. The zero-order chi connectivity index (χ0) is 17.2. The Morgan fingerprint density at radius 2 is 2.00 bits per heavy atom. The standard InChI is InChI=1S/C16H18N2O4S/c1-9-6-5-7-10(8-9)12-11(13(19)20)17-14(23-12)18-15(21)22-16(2,3)4/h5-8H,1-4H3,(H,19,20)(H,17,18,21). The molecule has 0 aliphatic carbocycles. The highest BCUT2D eigenvalue weighted by atomic mass is 32.1. The van der Waals surface area contributed by atoms with Crippen LogP contribution in [0.1, 0.15) is 36.8 Å². The van der Waals surface area contributed by atoms with Crippen LogP contribution in [0.3, 0.4) is 0 Å². The molecule has 0 unspecified atom stereocenters. The Morgan fingerprint density at radius 1 is 1.30 bits per heavy atom. The zero-order valence-corrected chi connectivity index (χ0v) is 14.2. The number of nitrogens with one attached hydrogen (secondary N) is 1. The first kappa shape index (κ1) is 17.0. The number of carboxylic acids is 1. The maximum Gasteiger partial charge on any atom is 0.413 e. The Hall–Kier alpha value is -2.41. The topological polar surface area (TPSA) is 88.5 Å². The van der Waals surface area contributed by atoms with Gasteiger partial charge in [0.05, 0.1) is 4.88 Å². The molecular weight excluding hydrogens is 316 g/mol. The van der Waals surface area contributed by atoms with Crippen LogP contribution in [-0.2, 0) is 4.74 Å². The monoisotopic (exact) mass is 334 g/mol. The number of rotatable bonds is 3. The molecule has 0 spiro atoms. The number of carbonyl (C=O) groups is 2. The number of ether oxygens (including phenoxy) is 1.